The summed E-state index contributed by atoms with van der Waals surface area (Å²) in [6.07, 6.45) is 10.2. The van der Waals surface area contributed by atoms with Crippen LogP contribution in [-0.2, 0) is 16.6 Å². The molecule has 0 aliphatic carbocycles. The van der Waals surface area contributed by atoms with Crippen LogP contribution in [0.4, 0.5) is 10.5 Å². The highest BCUT2D eigenvalue weighted by Crippen LogP contribution is 2.37. The Hall–Kier alpha value is -4.99. The predicted molar refractivity (Wildman–Crippen MR) is 176 cm³/mol. The molecule has 45 heavy (non-hydrogen) atoms. The monoisotopic (exact) mass is 605 g/mol. The molecule has 1 fully saturated rings. The normalized spacial score (nSPS) is 14.8. The fourth-order valence-corrected chi connectivity index (χ4v) is 6.08. The Morgan fingerprint density at radius 1 is 1.02 bits per heavy atom. The van der Waals surface area contributed by atoms with E-state index in [4.69, 9.17) is 9.72 Å². The van der Waals surface area contributed by atoms with Gasteiger partial charge >= 0.3 is 6.09 Å². The van der Waals surface area contributed by atoms with Gasteiger partial charge < -0.3 is 24.8 Å². The van der Waals surface area contributed by atoms with Gasteiger partial charge in [0.2, 0.25) is 5.91 Å². The lowest BCUT2D eigenvalue weighted by Crippen LogP contribution is -2.46. The first-order chi connectivity index (χ1) is 21.6. The molecule has 6 rings (SSSR count). The molecule has 0 bridgehead atoms. The number of anilines is 1. The maximum absolute atomic E-state index is 12.9. The van der Waals surface area contributed by atoms with E-state index in [0.717, 1.165) is 51.8 Å². The molecule has 1 aliphatic heterocycles. The fraction of sp³-hybridized carbons (Fsp3) is 0.343. The van der Waals surface area contributed by atoms with Gasteiger partial charge in [-0.3, -0.25) is 19.7 Å². The Balaban J connectivity index is 1.23. The zero-order chi connectivity index (χ0) is 31.6. The molecule has 1 aliphatic rings. The van der Waals surface area contributed by atoms with E-state index in [-0.39, 0.29) is 24.4 Å². The number of hydrogen-bond acceptors (Lipinski definition) is 7. The summed E-state index contributed by atoms with van der Waals surface area (Å²) in [7, 11) is 2.05. The van der Waals surface area contributed by atoms with Gasteiger partial charge in [-0.05, 0) is 86.4 Å². The Kier molecular flexibility index (Phi) is 8.38. The van der Waals surface area contributed by atoms with Crippen LogP contribution < -0.4 is 10.6 Å². The summed E-state index contributed by atoms with van der Waals surface area (Å²) in [6, 6.07) is 16.8. The molecule has 5 aromatic rings. The molecular formula is C35H39N7O3. The lowest BCUT2D eigenvalue weighted by molar-refractivity contribution is -0.131. The molecule has 1 unspecified atom stereocenters. The SMILES string of the molecule is Cn1ccc2ccc(-c3cc(NC(c4cccnc4)C4CCN(C(=O)CNC(=O)OC(C)(C)C)CC4)cc4nccnc34)cc21. The van der Waals surface area contributed by atoms with Crippen LogP contribution in [0.3, 0.4) is 0 Å². The molecule has 2 amide bonds. The van der Waals surface area contributed by atoms with Gasteiger partial charge in [-0.2, -0.15) is 0 Å². The molecule has 10 nitrogen and oxygen atoms in total. The van der Waals surface area contributed by atoms with Crippen molar-refractivity contribution < 1.29 is 14.3 Å². The standard InChI is InChI=1S/C35H39N7O3/c1-35(2,3)45-34(44)39-22-31(43)42-16-10-24(11-17-42)32(26-6-5-12-36-21-26)40-27-19-28(33-29(20-27)37-13-14-38-33)25-8-7-23-9-15-41(4)30(23)18-25/h5-9,12-15,18-21,24,32,40H,10-11,16-17,22H2,1-4H3,(H,39,44). The van der Waals surface area contributed by atoms with Crippen molar-refractivity contribution in [1.82, 2.24) is 29.7 Å². The molecule has 0 saturated carbocycles. The smallest absolute Gasteiger partial charge is 0.408 e. The van der Waals surface area contributed by atoms with Crippen molar-refractivity contribution in [2.75, 3.05) is 25.0 Å². The lowest BCUT2D eigenvalue weighted by Gasteiger charge is -2.37. The molecule has 2 N–H and O–H groups in total. The summed E-state index contributed by atoms with van der Waals surface area (Å²) in [4.78, 5) is 40.6. The van der Waals surface area contributed by atoms with Crippen LogP contribution in [0.15, 0.2) is 79.5 Å². The number of aromatic nitrogens is 4. The summed E-state index contributed by atoms with van der Waals surface area (Å²) in [5.74, 6) is 0.135. The number of hydrogen-bond donors (Lipinski definition) is 2. The van der Waals surface area contributed by atoms with E-state index in [0.29, 0.717) is 13.1 Å². The number of amides is 2. The third-order valence-corrected chi connectivity index (χ3v) is 8.29. The first kappa shape index (κ1) is 30.1. The Morgan fingerprint density at radius 3 is 2.58 bits per heavy atom. The van der Waals surface area contributed by atoms with Crippen molar-refractivity contribution in [3.63, 3.8) is 0 Å². The quantitative estimate of drug-likeness (QED) is 0.230. The number of alkyl carbamates (subject to hydrolysis) is 1. The molecule has 0 spiro atoms. The minimum Gasteiger partial charge on any atom is -0.444 e. The van der Waals surface area contributed by atoms with Crippen molar-refractivity contribution in [3.05, 3.63) is 85.1 Å². The van der Waals surface area contributed by atoms with Gasteiger partial charge in [0.1, 0.15) is 12.1 Å². The Labute approximate surface area is 262 Å². The fourth-order valence-electron chi connectivity index (χ4n) is 6.08. The molecule has 3 aromatic heterocycles. The Morgan fingerprint density at radius 2 is 1.82 bits per heavy atom. The number of pyridine rings is 1. The number of nitrogens with zero attached hydrogens (tertiary/aromatic N) is 5. The van der Waals surface area contributed by atoms with Crippen molar-refractivity contribution in [1.29, 1.82) is 0 Å². The van der Waals surface area contributed by atoms with Gasteiger partial charge in [-0.1, -0.05) is 18.2 Å². The van der Waals surface area contributed by atoms with E-state index in [1.165, 1.54) is 5.39 Å². The van der Waals surface area contributed by atoms with Crippen LogP contribution >= 0.6 is 0 Å². The number of benzene rings is 2. The second-order valence-electron chi connectivity index (χ2n) is 12.6. The van der Waals surface area contributed by atoms with Gasteiger partial charge in [0.15, 0.2) is 0 Å². The third-order valence-electron chi connectivity index (χ3n) is 8.29. The van der Waals surface area contributed by atoms with Crippen LogP contribution in [0.2, 0.25) is 0 Å². The summed E-state index contributed by atoms with van der Waals surface area (Å²) in [6.45, 7) is 6.50. The highest BCUT2D eigenvalue weighted by molar-refractivity contribution is 5.97. The first-order valence-electron chi connectivity index (χ1n) is 15.4. The van der Waals surface area contributed by atoms with Gasteiger partial charge in [0, 0.05) is 67.9 Å². The molecule has 4 heterocycles. The molecule has 1 atom stereocenters. The number of nitrogens with one attached hydrogen (secondary N) is 2. The number of piperidine rings is 1. The second-order valence-corrected chi connectivity index (χ2v) is 12.6. The zero-order valence-electron chi connectivity index (χ0n) is 26.2. The van der Waals surface area contributed by atoms with Crippen LogP contribution in [-0.4, -0.2) is 61.7 Å². The topological polar surface area (TPSA) is 114 Å². The van der Waals surface area contributed by atoms with Crippen LogP contribution in [0, 0.1) is 5.92 Å². The van der Waals surface area contributed by atoms with Crippen LogP contribution in [0.5, 0.6) is 0 Å². The van der Waals surface area contributed by atoms with Gasteiger partial charge in [-0.15, -0.1) is 0 Å². The van der Waals surface area contributed by atoms with Gasteiger partial charge in [-0.25, -0.2) is 4.79 Å². The molecule has 1 saturated heterocycles. The number of fused-ring (bicyclic) bond motifs is 2. The minimum atomic E-state index is -0.618. The number of ether oxygens (including phenoxy) is 1. The lowest BCUT2D eigenvalue weighted by atomic mass is 9.85. The van der Waals surface area contributed by atoms with E-state index in [1.54, 1.807) is 39.4 Å². The molecular weight excluding hydrogens is 566 g/mol. The van der Waals surface area contributed by atoms with Crippen LogP contribution in [0.1, 0.15) is 45.2 Å². The summed E-state index contributed by atoms with van der Waals surface area (Å²) in [5.41, 5.74) is 6.30. The average Bonchev–Trinajstić information content (AvgIpc) is 3.41. The van der Waals surface area contributed by atoms with Crippen molar-refractivity contribution in [3.8, 4) is 11.1 Å². The van der Waals surface area contributed by atoms with Crippen molar-refractivity contribution in [2.24, 2.45) is 13.0 Å². The molecule has 10 heteroatoms. The van der Waals surface area contributed by atoms with E-state index >= 15 is 0 Å². The zero-order valence-corrected chi connectivity index (χ0v) is 26.2. The summed E-state index contributed by atoms with van der Waals surface area (Å²) in [5, 5.41) is 7.60. The predicted octanol–water partition coefficient (Wildman–Crippen LogP) is 6.10. The van der Waals surface area contributed by atoms with E-state index < -0.39 is 11.7 Å². The Bertz CT molecular complexity index is 1820. The second kappa shape index (κ2) is 12.6. The number of carbonyl (C=O) groups is 2. The highest BCUT2D eigenvalue weighted by Gasteiger charge is 2.30. The summed E-state index contributed by atoms with van der Waals surface area (Å²) >= 11 is 0. The van der Waals surface area contributed by atoms with Gasteiger partial charge in [0.05, 0.1) is 17.1 Å². The number of likely N-dealkylation sites (tertiary alicyclic amines) is 1. The maximum Gasteiger partial charge on any atom is 0.408 e. The summed E-state index contributed by atoms with van der Waals surface area (Å²) < 4.78 is 7.39. The molecule has 2 aromatic carbocycles. The van der Waals surface area contributed by atoms with E-state index in [2.05, 4.69) is 80.9 Å². The number of carbonyl (C=O) groups excluding carboxylic acids is 2. The van der Waals surface area contributed by atoms with E-state index in [1.807, 2.05) is 17.2 Å². The highest BCUT2D eigenvalue weighted by atomic mass is 16.6. The van der Waals surface area contributed by atoms with Crippen molar-refractivity contribution in [2.45, 2.75) is 45.3 Å². The first-order valence-corrected chi connectivity index (χ1v) is 15.4. The third kappa shape index (κ3) is 6.90. The largest absolute Gasteiger partial charge is 0.444 e. The molecule has 232 valence electrons. The van der Waals surface area contributed by atoms with E-state index in [9.17, 15) is 9.59 Å². The van der Waals surface area contributed by atoms with Crippen molar-refractivity contribution >= 4 is 39.6 Å². The number of aryl methyl sites for hydroxylation is 1. The molecule has 0 radical (unpaired) electrons. The number of rotatable bonds is 7. The average molecular weight is 606 g/mol. The van der Waals surface area contributed by atoms with Crippen LogP contribution in [0.25, 0.3) is 33.1 Å². The van der Waals surface area contributed by atoms with Gasteiger partial charge in [0.25, 0.3) is 0 Å². The minimum absolute atomic E-state index is 0.0341. The maximum atomic E-state index is 12.9.